The van der Waals surface area contributed by atoms with Crippen molar-refractivity contribution >= 4 is 41.3 Å². The number of carbonyl (C=O) groups excluding carboxylic acids is 3. The minimum absolute atomic E-state index is 0.130. The number of ketones is 1. The van der Waals surface area contributed by atoms with Gasteiger partial charge < -0.3 is 10.1 Å². The largest absolute Gasteiger partial charge is 0.444 e. The number of thioether (sulfide) groups is 2. The lowest BCUT2D eigenvalue weighted by Crippen LogP contribution is -2.53. The first-order valence-electron chi connectivity index (χ1n) is 15.4. The topological polar surface area (TPSA) is 79.0 Å². The first-order valence-corrected chi connectivity index (χ1v) is 17.7. The van der Waals surface area contributed by atoms with E-state index in [4.69, 9.17) is 4.74 Å². The lowest BCUT2D eigenvalue weighted by Gasteiger charge is -2.32. The minimum atomic E-state index is -0.629. The van der Waals surface area contributed by atoms with Gasteiger partial charge in [-0.15, -0.1) is 11.8 Å². The number of ether oxygens (including phenoxy) is 1. The number of rotatable bonds is 11. The minimum Gasteiger partial charge on any atom is -0.444 e. The number of Topliss-reactive ketones (excluding diaryl/α,β-unsaturated/α-hetero) is 1. The number of piperidine rings is 1. The Kier molecular flexibility index (Phi) is 12.3. The van der Waals surface area contributed by atoms with Crippen LogP contribution in [0.4, 0.5) is 4.79 Å². The first kappa shape index (κ1) is 32.2. The number of nitrogens with one attached hydrogen (secondary N) is 1. The second kappa shape index (κ2) is 15.7. The SMILES string of the molecule is CC(C)(C)OC(=O)N1CSC[C@H]1C(=O)N[C@@H](CSCC1CCCCC1)C(=O)CC1CCN(Cc2ccccc2)CC1. The van der Waals surface area contributed by atoms with Crippen molar-refractivity contribution in [1.82, 2.24) is 15.1 Å². The second-order valence-electron chi connectivity index (χ2n) is 12.9. The van der Waals surface area contributed by atoms with Gasteiger partial charge in [-0.3, -0.25) is 19.4 Å². The molecule has 2 aliphatic heterocycles. The van der Waals surface area contributed by atoms with Gasteiger partial charge in [0.2, 0.25) is 5.91 Å². The summed E-state index contributed by atoms with van der Waals surface area (Å²) in [6, 6.07) is 9.40. The Morgan fingerprint density at radius 3 is 2.41 bits per heavy atom. The van der Waals surface area contributed by atoms with Crippen LogP contribution in [0.2, 0.25) is 0 Å². The van der Waals surface area contributed by atoms with E-state index in [1.807, 2.05) is 26.8 Å². The van der Waals surface area contributed by atoms with E-state index in [-0.39, 0.29) is 11.7 Å². The molecule has 2 atom stereocenters. The number of hydrogen-bond acceptors (Lipinski definition) is 7. The molecular weight excluding hydrogens is 555 g/mol. The van der Waals surface area contributed by atoms with Crippen LogP contribution in [0.1, 0.15) is 77.7 Å². The van der Waals surface area contributed by atoms with Gasteiger partial charge in [0.1, 0.15) is 11.6 Å². The normalized spacial score (nSPS) is 21.9. The van der Waals surface area contributed by atoms with Crippen LogP contribution in [0.25, 0.3) is 0 Å². The molecule has 9 heteroatoms. The zero-order valence-corrected chi connectivity index (χ0v) is 26.8. The number of likely N-dealkylation sites (tertiary alicyclic amines) is 1. The molecule has 3 fully saturated rings. The molecule has 3 aliphatic rings. The summed E-state index contributed by atoms with van der Waals surface area (Å²) in [4.78, 5) is 43.9. The molecule has 1 N–H and O–H groups in total. The van der Waals surface area contributed by atoms with Crippen molar-refractivity contribution in [2.75, 3.05) is 36.2 Å². The lowest BCUT2D eigenvalue weighted by atomic mass is 9.90. The molecule has 0 radical (unpaired) electrons. The maximum absolute atomic E-state index is 13.7. The average Bonchev–Trinajstić information content (AvgIpc) is 3.44. The molecule has 0 aromatic heterocycles. The van der Waals surface area contributed by atoms with Crippen molar-refractivity contribution in [3.8, 4) is 0 Å². The van der Waals surface area contributed by atoms with Gasteiger partial charge in [-0.2, -0.15) is 11.8 Å². The Morgan fingerprint density at radius 1 is 1.02 bits per heavy atom. The number of hydrogen-bond donors (Lipinski definition) is 1. The van der Waals surface area contributed by atoms with Crippen LogP contribution in [0.15, 0.2) is 30.3 Å². The summed E-state index contributed by atoms with van der Waals surface area (Å²) in [5.41, 5.74) is 0.696. The zero-order chi connectivity index (χ0) is 29.2. The molecule has 1 aromatic rings. The Hall–Kier alpha value is -1.71. The highest BCUT2D eigenvalue weighted by atomic mass is 32.2. The van der Waals surface area contributed by atoms with Gasteiger partial charge in [0.15, 0.2) is 5.78 Å². The van der Waals surface area contributed by atoms with Gasteiger partial charge in [-0.25, -0.2) is 4.79 Å². The molecule has 1 aromatic carbocycles. The molecule has 7 nitrogen and oxygen atoms in total. The summed E-state index contributed by atoms with van der Waals surface area (Å²) in [5.74, 6) is 3.52. The molecule has 0 bridgehead atoms. The summed E-state index contributed by atoms with van der Waals surface area (Å²) in [7, 11) is 0. The summed E-state index contributed by atoms with van der Waals surface area (Å²) in [5, 5.41) is 3.09. The van der Waals surface area contributed by atoms with E-state index in [1.54, 1.807) is 23.5 Å². The predicted molar refractivity (Wildman–Crippen MR) is 169 cm³/mol. The third-order valence-corrected chi connectivity index (χ3v) is 10.6. The first-order chi connectivity index (χ1) is 19.7. The number of benzene rings is 1. The number of carbonyl (C=O) groups is 3. The molecule has 4 rings (SSSR count). The monoisotopic (exact) mass is 603 g/mol. The molecule has 2 heterocycles. The van der Waals surface area contributed by atoms with Gasteiger partial charge >= 0.3 is 6.09 Å². The fourth-order valence-corrected chi connectivity index (χ4v) is 8.42. The summed E-state index contributed by atoms with van der Waals surface area (Å²) < 4.78 is 5.55. The van der Waals surface area contributed by atoms with E-state index in [2.05, 4.69) is 34.5 Å². The highest BCUT2D eigenvalue weighted by Gasteiger charge is 2.38. The predicted octanol–water partition coefficient (Wildman–Crippen LogP) is 5.97. The Bertz CT molecular complexity index is 988. The van der Waals surface area contributed by atoms with Crippen molar-refractivity contribution in [3.05, 3.63) is 35.9 Å². The third kappa shape index (κ3) is 10.5. The Balaban J connectivity index is 1.32. The molecule has 228 valence electrons. The lowest BCUT2D eigenvalue weighted by molar-refractivity contribution is -0.130. The van der Waals surface area contributed by atoms with E-state index in [1.165, 1.54) is 42.6 Å². The number of amides is 2. The van der Waals surface area contributed by atoms with Crippen LogP contribution in [0, 0.1) is 11.8 Å². The van der Waals surface area contributed by atoms with Gasteiger partial charge in [0, 0.05) is 24.5 Å². The molecule has 2 amide bonds. The van der Waals surface area contributed by atoms with Crippen LogP contribution < -0.4 is 5.32 Å². The molecule has 1 saturated carbocycles. The number of nitrogens with zero attached hydrogens (tertiary/aromatic N) is 2. The maximum atomic E-state index is 13.7. The van der Waals surface area contributed by atoms with E-state index >= 15 is 0 Å². The van der Waals surface area contributed by atoms with E-state index in [0.717, 1.165) is 38.2 Å². The fraction of sp³-hybridized carbons (Fsp3) is 0.719. The van der Waals surface area contributed by atoms with Gasteiger partial charge in [-0.05, 0) is 82.7 Å². The maximum Gasteiger partial charge on any atom is 0.411 e. The molecule has 0 spiro atoms. The summed E-state index contributed by atoms with van der Waals surface area (Å²) >= 11 is 3.35. The third-order valence-electron chi connectivity index (χ3n) is 8.33. The smallest absolute Gasteiger partial charge is 0.411 e. The highest BCUT2D eigenvalue weighted by molar-refractivity contribution is 7.99. The second-order valence-corrected chi connectivity index (χ2v) is 15.0. The van der Waals surface area contributed by atoms with Crippen molar-refractivity contribution in [1.29, 1.82) is 0 Å². The molecule has 2 saturated heterocycles. The van der Waals surface area contributed by atoms with Crippen LogP contribution in [0.5, 0.6) is 0 Å². The summed E-state index contributed by atoms with van der Waals surface area (Å²) in [6.45, 7) is 8.41. The van der Waals surface area contributed by atoms with E-state index < -0.39 is 23.8 Å². The Morgan fingerprint density at radius 2 is 1.73 bits per heavy atom. The average molecular weight is 604 g/mol. The zero-order valence-electron chi connectivity index (χ0n) is 25.1. The van der Waals surface area contributed by atoms with Crippen LogP contribution in [-0.4, -0.2) is 81.5 Å². The van der Waals surface area contributed by atoms with E-state index in [0.29, 0.717) is 35.6 Å². The molecule has 1 aliphatic carbocycles. The van der Waals surface area contributed by atoms with Crippen LogP contribution in [0.3, 0.4) is 0 Å². The Labute approximate surface area is 255 Å². The quantitative estimate of drug-likeness (QED) is 0.334. The molecule has 41 heavy (non-hydrogen) atoms. The van der Waals surface area contributed by atoms with E-state index in [9.17, 15) is 14.4 Å². The van der Waals surface area contributed by atoms with Gasteiger partial charge in [-0.1, -0.05) is 49.6 Å². The molecular formula is C32H49N3O4S2. The van der Waals surface area contributed by atoms with Gasteiger partial charge in [0.05, 0.1) is 11.9 Å². The van der Waals surface area contributed by atoms with Crippen LogP contribution >= 0.6 is 23.5 Å². The van der Waals surface area contributed by atoms with Crippen molar-refractivity contribution < 1.29 is 19.1 Å². The van der Waals surface area contributed by atoms with Crippen molar-refractivity contribution in [2.45, 2.75) is 96.4 Å². The summed E-state index contributed by atoms with van der Waals surface area (Å²) in [6.07, 6.45) is 8.49. The fourth-order valence-electron chi connectivity index (χ4n) is 5.97. The van der Waals surface area contributed by atoms with Crippen LogP contribution in [-0.2, 0) is 20.9 Å². The standard InChI is InChI=1S/C32H49N3O4S2/c1-32(2,3)39-31(38)35-23-41-22-28(35)30(37)33-27(21-40-20-26-12-8-5-9-13-26)29(36)18-24-14-16-34(17-15-24)19-25-10-6-4-7-11-25/h4,6-7,10-11,24,26-28H,5,8-9,12-23H2,1-3H3,(H,33,37)/t27-,28-/m0/s1. The molecule has 0 unspecified atom stereocenters. The van der Waals surface area contributed by atoms with Crippen molar-refractivity contribution in [3.63, 3.8) is 0 Å². The highest BCUT2D eigenvalue weighted by Crippen LogP contribution is 2.29. The van der Waals surface area contributed by atoms with Crippen molar-refractivity contribution in [2.24, 2.45) is 11.8 Å². The van der Waals surface area contributed by atoms with Gasteiger partial charge in [0.25, 0.3) is 0 Å².